The average molecular weight is 943 g/mol. The Balaban J connectivity index is 0.837. The van der Waals surface area contributed by atoms with Crippen LogP contribution in [-0.2, 0) is 0 Å². The Bertz CT molecular complexity index is 3940. The first-order valence-corrected chi connectivity index (χ1v) is 25.4. The summed E-state index contributed by atoms with van der Waals surface area (Å²) in [5.41, 5.74) is 23.4. The molecule has 0 atom stereocenters. The van der Waals surface area contributed by atoms with Gasteiger partial charge in [0, 0.05) is 33.4 Å². The quantitative estimate of drug-likeness (QED) is 0.125. The molecule has 0 unspecified atom stereocenters. The van der Waals surface area contributed by atoms with Gasteiger partial charge in [-0.2, -0.15) is 0 Å². The lowest BCUT2D eigenvalue weighted by atomic mass is 9.98. The first-order valence-electron chi connectivity index (χ1n) is 25.4. The van der Waals surface area contributed by atoms with Crippen LogP contribution in [0.5, 0.6) is 0 Å². The minimum absolute atomic E-state index is 1.09. The molecule has 0 bridgehead atoms. The van der Waals surface area contributed by atoms with Crippen LogP contribution in [0.4, 0.5) is 17.1 Å². The van der Waals surface area contributed by atoms with Crippen LogP contribution in [0.15, 0.2) is 303 Å². The fourth-order valence-electron chi connectivity index (χ4n) is 10.6. The lowest BCUT2D eigenvalue weighted by Gasteiger charge is -2.26. The van der Waals surface area contributed by atoms with Gasteiger partial charge in [-0.15, -0.1) is 0 Å². The Morgan fingerprint density at radius 2 is 0.459 bits per heavy atom. The topological polar surface area (TPSA) is 8.17 Å². The molecule has 0 N–H and O–H groups in total. The number of hydrogen-bond acceptors (Lipinski definition) is 1. The molecule has 13 aromatic rings. The van der Waals surface area contributed by atoms with E-state index >= 15 is 0 Å². The van der Waals surface area contributed by atoms with Crippen molar-refractivity contribution in [3.63, 3.8) is 0 Å². The Kier molecular flexibility index (Phi) is 11.6. The second kappa shape index (κ2) is 19.4. The van der Waals surface area contributed by atoms with Crippen LogP contribution in [-0.4, -0.2) is 4.57 Å². The third-order valence-electron chi connectivity index (χ3n) is 14.5. The van der Waals surface area contributed by atoms with Gasteiger partial charge in [-0.1, -0.05) is 249 Å². The predicted molar refractivity (Wildman–Crippen MR) is 314 cm³/mol. The molecule has 2 nitrogen and oxygen atoms in total. The molecule has 1 aromatic heterocycles. The zero-order chi connectivity index (χ0) is 49.2. The van der Waals surface area contributed by atoms with E-state index in [-0.39, 0.29) is 0 Å². The van der Waals surface area contributed by atoms with Gasteiger partial charge < -0.3 is 9.47 Å². The lowest BCUT2D eigenvalue weighted by molar-refractivity contribution is 1.18. The van der Waals surface area contributed by atoms with Gasteiger partial charge in [0.15, 0.2) is 0 Å². The van der Waals surface area contributed by atoms with Crippen LogP contribution in [0.2, 0.25) is 0 Å². The molecule has 0 radical (unpaired) electrons. The highest BCUT2D eigenvalue weighted by Gasteiger charge is 2.19. The van der Waals surface area contributed by atoms with Gasteiger partial charge in [0.1, 0.15) is 0 Å². The van der Waals surface area contributed by atoms with Crippen molar-refractivity contribution in [2.24, 2.45) is 0 Å². The maximum atomic E-state index is 2.48. The molecule has 74 heavy (non-hydrogen) atoms. The summed E-state index contributed by atoms with van der Waals surface area (Å²) in [7, 11) is 0. The van der Waals surface area contributed by atoms with Crippen LogP contribution in [0.25, 0.3) is 105 Å². The molecule has 0 saturated carbocycles. The van der Waals surface area contributed by atoms with E-state index in [9.17, 15) is 0 Å². The Morgan fingerprint density at radius 1 is 0.203 bits per heavy atom. The fraction of sp³-hybridized carbons (Fsp3) is 0. The molecule has 0 spiro atoms. The minimum atomic E-state index is 1.09. The summed E-state index contributed by atoms with van der Waals surface area (Å²) in [5.74, 6) is 0. The van der Waals surface area contributed by atoms with E-state index < -0.39 is 0 Å². The molecule has 0 aliphatic heterocycles. The molecule has 1 heterocycles. The standard InChI is InChI=1S/C72H50N2/c1-5-15-51(16-6-1)55-25-27-56(28-26-55)59-35-43-65(44-36-59)73(64-41-33-58(34-42-64)52-17-7-2-8-18-52)66-45-37-60(38-46-66)57-29-31-61(32-30-57)67-23-13-14-24-70(67)74-71-49-62(53-19-9-3-10-20-53)39-47-68(71)69-48-40-63(50-72(69)74)54-21-11-4-12-22-54/h1-50H. The SMILES string of the molecule is c1ccc(-c2ccc(-c3ccc(N(c4ccc(-c5ccccc5)cc4)c4ccc(-c5ccc(-c6ccccc6-n6c7cc(-c8ccccc8)ccc7c7ccc(-c8ccccc8)cc76)cc5)cc4)cc3)cc2)cc1. The first-order chi connectivity index (χ1) is 36.7. The van der Waals surface area contributed by atoms with Crippen molar-refractivity contribution < 1.29 is 0 Å². The Morgan fingerprint density at radius 3 is 0.811 bits per heavy atom. The molecule has 0 aliphatic rings. The highest BCUT2D eigenvalue weighted by atomic mass is 15.1. The van der Waals surface area contributed by atoms with Gasteiger partial charge in [-0.05, 0) is 127 Å². The highest BCUT2D eigenvalue weighted by molar-refractivity contribution is 6.11. The van der Waals surface area contributed by atoms with Crippen LogP contribution < -0.4 is 4.90 Å². The molecule has 12 aromatic carbocycles. The Labute approximate surface area is 433 Å². The van der Waals surface area contributed by atoms with Gasteiger partial charge in [-0.25, -0.2) is 0 Å². The van der Waals surface area contributed by atoms with Gasteiger partial charge in [0.05, 0.1) is 16.7 Å². The van der Waals surface area contributed by atoms with Crippen molar-refractivity contribution in [3.05, 3.63) is 303 Å². The molecular weight excluding hydrogens is 893 g/mol. The van der Waals surface area contributed by atoms with E-state index in [1.807, 2.05) is 0 Å². The molecule has 0 fully saturated rings. The van der Waals surface area contributed by atoms with Crippen LogP contribution in [0.3, 0.4) is 0 Å². The summed E-state index contributed by atoms with van der Waals surface area (Å²) in [6.07, 6.45) is 0. The maximum Gasteiger partial charge on any atom is 0.0547 e. The van der Waals surface area contributed by atoms with E-state index in [1.165, 1.54) is 83.0 Å². The normalized spacial score (nSPS) is 11.2. The smallest absolute Gasteiger partial charge is 0.0547 e. The number of rotatable bonds is 11. The van der Waals surface area contributed by atoms with Crippen LogP contribution >= 0.6 is 0 Å². The third-order valence-corrected chi connectivity index (χ3v) is 14.5. The second-order valence-corrected chi connectivity index (χ2v) is 18.9. The van der Waals surface area contributed by atoms with E-state index in [0.717, 1.165) is 39.4 Å². The number of anilines is 3. The van der Waals surface area contributed by atoms with Crippen molar-refractivity contribution in [2.75, 3.05) is 4.90 Å². The summed E-state index contributed by atoms with van der Waals surface area (Å²) in [5, 5.41) is 2.47. The van der Waals surface area contributed by atoms with Crippen molar-refractivity contribution in [1.82, 2.24) is 4.57 Å². The fourth-order valence-corrected chi connectivity index (χ4v) is 10.6. The van der Waals surface area contributed by atoms with Gasteiger partial charge in [0.25, 0.3) is 0 Å². The third kappa shape index (κ3) is 8.55. The highest BCUT2D eigenvalue weighted by Crippen LogP contribution is 2.42. The molecule has 13 rings (SSSR count). The van der Waals surface area contributed by atoms with Crippen molar-refractivity contribution in [3.8, 4) is 83.6 Å². The zero-order valence-electron chi connectivity index (χ0n) is 40.8. The Hall–Kier alpha value is -9.76. The number of aromatic nitrogens is 1. The molecule has 0 saturated heterocycles. The number of nitrogens with zero attached hydrogens (tertiary/aromatic N) is 2. The maximum absolute atomic E-state index is 2.48. The average Bonchev–Trinajstić information content (AvgIpc) is 3.82. The number of benzene rings is 12. The zero-order valence-corrected chi connectivity index (χ0v) is 40.8. The van der Waals surface area contributed by atoms with Crippen molar-refractivity contribution in [2.45, 2.75) is 0 Å². The number of fused-ring (bicyclic) bond motifs is 3. The minimum Gasteiger partial charge on any atom is -0.311 e. The second-order valence-electron chi connectivity index (χ2n) is 18.9. The molecule has 0 amide bonds. The lowest BCUT2D eigenvalue weighted by Crippen LogP contribution is -2.09. The van der Waals surface area contributed by atoms with Crippen LogP contribution in [0, 0.1) is 0 Å². The van der Waals surface area contributed by atoms with Crippen molar-refractivity contribution in [1.29, 1.82) is 0 Å². The van der Waals surface area contributed by atoms with Crippen LogP contribution in [0.1, 0.15) is 0 Å². The molecule has 348 valence electrons. The van der Waals surface area contributed by atoms with E-state index in [4.69, 9.17) is 0 Å². The monoisotopic (exact) mass is 942 g/mol. The van der Waals surface area contributed by atoms with Crippen molar-refractivity contribution >= 4 is 38.9 Å². The van der Waals surface area contributed by atoms with Gasteiger partial charge in [0.2, 0.25) is 0 Å². The first kappa shape index (κ1) is 44.2. The summed E-state index contributed by atoms with van der Waals surface area (Å²) < 4.78 is 2.48. The van der Waals surface area contributed by atoms with E-state index in [1.54, 1.807) is 0 Å². The van der Waals surface area contributed by atoms with E-state index in [0.29, 0.717) is 0 Å². The van der Waals surface area contributed by atoms with Gasteiger partial charge >= 0.3 is 0 Å². The summed E-state index contributed by atoms with van der Waals surface area (Å²) in [6.45, 7) is 0. The largest absolute Gasteiger partial charge is 0.311 e. The summed E-state index contributed by atoms with van der Waals surface area (Å²) in [6, 6.07) is 110. The summed E-state index contributed by atoms with van der Waals surface area (Å²) >= 11 is 0. The number of para-hydroxylation sites is 1. The summed E-state index contributed by atoms with van der Waals surface area (Å²) in [4.78, 5) is 2.35. The number of hydrogen-bond donors (Lipinski definition) is 0. The molecule has 2 heteroatoms. The molecule has 0 aliphatic carbocycles. The molecular formula is C72H50N2. The predicted octanol–water partition coefficient (Wildman–Crippen LogP) is 19.9. The van der Waals surface area contributed by atoms with E-state index in [2.05, 4.69) is 313 Å². The van der Waals surface area contributed by atoms with Gasteiger partial charge in [-0.3, -0.25) is 0 Å².